The maximum absolute atomic E-state index is 10.9. The van der Waals surface area contributed by atoms with E-state index in [0.717, 1.165) is 5.69 Å². The summed E-state index contributed by atoms with van der Waals surface area (Å²) < 4.78 is 0. The van der Waals surface area contributed by atoms with Crippen LogP contribution >= 0.6 is 12.4 Å². The predicted octanol–water partition coefficient (Wildman–Crippen LogP) is 1.63. The lowest BCUT2D eigenvalue weighted by Crippen LogP contribution is -2.10. The first-order valence-corrected chi connectivity index (χ1v) is 5.32. The molecule has 0 saturated heterocycles. The molecule has 0 spiro atoms. The predicted molar refractivity (Wildman–Crippen MR) is 76.7 cm³/mol. The zero-order valence-electron chi connectivity index (χ0n) is 10.3. The highest BCUT2D eigenvalue weighted by molar-refractivity contribution is 5.93. The number of carbonyl (C=O) groups is 1. The lowest BCUT2D eigenvalue weighted by Gasteiger charge is -2.08. The lowest BCUT2D eigenvalue weighted by atomic mass is 10.2. The van der Waals surface area contributed by atoms with Gasteiger partial charge in [0.05, 0.1) is 11.9 Å². The highest BCUT2D eigenvalue weighted by Crippen LogP contribution is 2.20. The summed E-state index contributed by atoms with van der Waals surface area (Å²) in [6.07, 6.45) is 1.54. The van der Waals surface area contributed by atoms with Crippen LogP contribution in [0, 0.1) is 6.92 Å². The number of halogens is 1. The summed E-state index contributed by atoms with van der Waals surface area (Å²) in [4.78, 5) is 19.1. The van der Waals surface area contributed by atoms with Gasteiger partial charge < -0.3 is 16.8 Å². The molecule has 19 heavy (non-hydrogen) atoms. The van der Waals surface area contributed by atoms with Crippen LogP contribution in [0.4, 0.5) is 17.2 Å². The fourth-order valence-corrected chi connectivity index (χ4v) is 1.43. The summed E-state index contributed by atoms with van der Waals surface area (Å²) in [6, 6.07) is 6.73. The van der Waals surface area contributed by atoms with Gasteiger partial charge in [0.2, 0.25) is 5.91 Å². The van der Waals surface area contributed by atoms with Crippen LogP contribution in [0.2, 0.25) is 0 Å². The second kappa shape index (κ2) is 6.01. The van der Waals surface area contributed by atoms with Gasteiger partial charge >= 0.3 is 0 Å². The van der Waals surface area contributed by atoms with E-state index in [0.29, 0.717) is 22.9 Å². The maximum atomic E-state index is 10.9. The van der Waals surface area contributed by atoms with Crippen molar-refractivity contribution in [2.24, 2.45) is 5.73 Å². The van der Waals surface area contributed by atoms with Crippen molar-refractivity contribution in [1.82, 2.24) is 9.97 Å². The van der Waals surface area contributed by atoms with E-state index in [1.54, 1.807) is 37.4 Å². The molecule has 6 nitrogen and oxygen atoms in total. The monoisotopic (exact) mass is 279 g/mol. The minimum Gasteiger partial charge on any atom is -0.394 e. The van der Waals surface area contributed by atoms with Crippen molar-refractivity contribution in [1.29, 1.82) is 0 Å². The Labute approximate surface area is 116 Å². The Morgan fingerprint density at radius 3 is 2.47 bits per heavy atom. The van der Waals surface area contributed by atoms with Crippen LogP contribution in [-0.2, 0) is 0 Å². The highest BCUT2D eigenvalue weighted by Gasteiger charge is 2.04. The molecule has 0 bridgehead atoms. The summed E-state index contributed by atoms with van der Waals surface area (Å²) in [5.74, 6) is 0.703. The Morgan fingerprint density at radius 2 is 1.89 bits per heavy atom. The van der Waals surface area contributed by atoms with Crippen molar-refractivity contribution in [3.63, 3.8) is 0 Å². The minimum atomic E-state index is -0.459. The van der Waals surface area contributed by atoms with Gasteiger partial charge in [-0.15, -0.1) is 12.4 Å². The Bertz CT molecular complexity index is 585. The van der Waals surface area contributed by atoms with Crippen molar-refractivity contribution in [2.45, 2.75) is 6.92 Å². The number of nitrogen functional groups attached to an aromatic ring is 1. The van der Waals surface area contributed by atoms with Crippen LogP contribution in [0.5, 0.6) is 0 Å². The number of amides is 1. The fourth-order valence-electron chi connectivity index (χ4n) is 1.43. The van der Waals surface area contributed by atoms with Gasteiger partial charge in [0, 0.05) is 11.3 Å². The molecule has 0 atom stereocenters. The second-order valence-electron chi connectivity index (χ2n) is 3.79. The molecule has 5 N–H and O–H groups in total. The molecule has 0 aliphatic heterocycles. The second-order valence-corrected chi connectivity index (χ2v) is 3.79. The Kier molecular flexibility index (Phi) is 4.66. The number of primary amides is 1. The molecule has 1 amide bonds. The molecule has 2 rings (SSSR count). The van der Waals surface area contributed by atoms with Crippen molar-refractivity contribution >= 4 is 35.5 Å². The van der Waals surface area contributed by atoms with Crippen LogP contribution in [0.3, 0.4) is 0 Å². The smallest absolute Gasteiger partial charge is 0.248 e. The fraction of sp³-hybridized carbons (Fsp3) is 0.0833. The number of nitrogens with zero attached hydrogens (tertiary/aromatic N) is 2. The number of hydrogen-bond acceptors (Lipinski definition) is 5. The average Bonchev–Trinajstić information content (AvgIpc) is 2.34. The minimum absolute atomic E-state index is 0. The molecule has 0 saturated carbocycles. The van der Waals surface area contributed by atoms with E-state index in [9.17, 15) is 4.79 Å². The van der Waals surface area contributed by atoms with Gasteiger partial charge in [-0.3, -0.25) is 4.79 Å². The molecule has 1 heterocycles. The molecule has 1 aromatic carbocycles. The van der Waals surface area contributed by atoms with E-state index in [-0.39, 0.29) is 12.4 Å². The van der Waals surface area contributed by atoms with Crippen LogP contribution in [0.15, 0.2) is 30.5 Å². The first-order valence-electron chi connectivity index (χ1n) is 5.32. The summed E-state index contributed by atoms with van der Waals surface area (Å²) in [5, 5.41) is 3.05. The third-order valence-electron chi connectivity index (χ3n) is 2.37. The molecule has 0 radical (unpaired) electrons. The third kappa shape index (κ3) is 3.56. The van der Waals surface area contributed by atoms with Gasteiger partial charge in [0.15, 0.2) is 5.82 Å². The quantitative estimate of drug-likeness (QED) is 0.791. The van der Waals surface area contributed by atoms with Gasteiger partial charge in [-0.1, -0.05) is 0 Å². The standard InChI is InChI=1S/C12H13N5O.ClH/c1-7-15-6-10(13)12(16-7)17-9-4-2-8(3-5-9)11(14)18;/h2-6H,13H2,1H3,(H2,14,18)(H,15,16,17);1H. The number of hydrogen-bond donors (Lipinski definition) is 3. The van der Waals surface area contributed by atoms with Gasteiger partial charge in [-0.25, -0.2) is 9.97 Å². The number of rotatable bonds is 3. The first kappa shape index (κ1) is 14.7. The highest BCUT2D eigenvalue weighted by atomic mass is 35.5. The molecule has 2 aromatic rings. The number of aryl methyl sites for hydroxylation is 1. The van der Waals surface area contributed by atoms with E-state index < -0.39 is 5.91 Å². The number of benzene rings is 1. The Morgan fingerprint density at radius 1 is 1.26 bits per heavy atom. The van der Waals surface area contributed by atoms with Gasteiger partial charge in [-0.2, -0.15) is 0 Å². The summed E-state index contributed by atoms with van der Waals surface area (Å²) >= 11 is 0. The van der Waals surface area contributed by atoms with Gasteiger partial charge in [-0.05, 0) is 31.2 Å². The van der Waals surface area contributed by atoms with Gasteiger partial charge in [0.25, 0.3) is 0 Å². The molecule has 7 heteroatoms. The van der Waals surface area contributed by atoms with E-state index in [1.165, 1.54) is 0 Å². The zero-order chi connectivity index (χ0) is 13.1. The molecule has 0 aliphatic carbocycles. The average molecular weight is 280 g/mol. The third-order valence-corrected chi connectivity index (χ3v) is 2.37. The molecule has 100 valence electrons. The Hall–Kier alpha value is -2.34. The summed E-state index contributed by atoms with van der Waals surface area (Å²) in [6.45, 7) is 1.78. The van der Waals surface area contributed by atoms with Crippen molar-refractivity contribution < 1.29 is 4.79 Å². The molecule has 0 aliphatic rings. The van der Waals surface area contributed by atoms with Crippen LogP contribution in [0.25, 0.3) is 0 Å². The van der Waals surface area contributed by atoms with Crippen molar-refractivity contribution in [3.8, 4) is 0 Å². The van der Waals surface area contributed by atoms with Crippen LogP contribution in [0.1, 0.15) is 16.2 Å². The SMILES string of the molecule is Cc1ncc(N)c(Nc2ccc(C(N)=O)cc2)n1.Cl. The van der Waals surface area contributed by atoms with E-state index in [4.69, 9.17) is 11.5 Å². The number of aromatic nitrogens is 2. The molecular formula is C12H14ClN5O. The number of carbonyl (C=O) groups excluding carboxylic acids is 1. The first-order chi connectivity index (χ1) is 8.56. The number of nitrogens with two attached hydrogens (primary N) is 2. The van der Waals surface area contributed by atoms with Crippen LogP contribution in [-0.4, -0.2) is 15.9 Å². The molecule has 0 fully saturated rings. The summed E-state index contributed by atoms with van der Waals surface area (Å²) in [7, 11) is 0. The Balaban J connectivity index is 0.00000180. The van der Waals surface area contributed by atoms with Crippen LogP contribution < -0.4 is 16.8 Å². The molecular weight excluding hydrogens is 266 g/mol. The number of anilines is 3. The van der Waals surface area contributed by atoms with E-state index in [1.807, 2.05) is 0 Å². The van der Waals surface area contributed by atoms with Gasteiger partial charge in [0.1, 0.15) is 5.82 Å². The van der Waals surface area contributed by atoms with Crippen molar-refractivity contribution in [2.75, 3.05) is 11.1 Å². The molecule has 1 aromatic heterocycles. The van der Waals surface area contributed by atoms with E-state index >= 15 is 0 Å². The summed E-state index contributed by atoms with van der Waals surface area (Å²) in [5.41, 5.74) is 12.6. The van der Waals surface area contributed by atoms with E-state index in [2.05, 4.69) is 15.3 Å². The maximum Gasteiger partial charge on any atom is 0.248 e. The number of nitrogens with one attached hydrogen (secondary N) is 1. The topological polar surface area (TPSA) is 107 Å². The zero-order valence-corrected chi connectivity index (χ0v) is 11.1. The van der Waals surface area contributed by atoms with Crippen molar-refractivity contribution in [3.05, 3.63) is 41.9 Å². The normalized spacial score (nSPS) is 9.53. The largest absolute Gasteiger partial charge is 0.394 e. The molecule has 0 unspecified atom stereocenters. The lowest BCUT2D eigenvalue weighted by molar-refractivity contribution is 0.100.